The second-order valence-corrected chi connectivity index (χ2v) is 7.71. The van der Waals surface area contributed by atoms with Gasteiger partial charge >= 0.3 is 6.61 Å². The highest BCUT2D eigenvalue weighted by atomic mass is 32.2. The van der Waals surface area contributed by atoms with Crippen LogP contribution in [0.1, 0.15) is 25.0 Å². The number of alkyl halides is 2. The number of anilines is 1. The molecule has 0 saturated heterocycles. The normalized spacial score (nSPS) is 11.0. The van der Waals surface area contributed by atoms with Crippen LogP contribution in [0.4, 0.5) is 14.5 Å². The van der Waals surface area contributed by atoms with Crippen molar-refractivity contribution in [2.24, 2.45) is 7.05 Å². The van der Waals surface area contributed by atoms with E-state index < -0.39 is 6.61 Å². The van der Waals surface area contributed by atoms with Crippen molar-refractivity contribution in [1.29, 1.82) is 0 Å². The zero-order chi connectivity index (χ0) is 22.4. The fourth-order valence-corrected chi connectivity index (χ4v) is 3.90. The lowest BCUT2D eigenvalue weighted by molar-refractivity contribution is -0.113. The van der Waals surface area contributed by atoms with Crippen LogP contribution in [0.25, 0.3) is 11.4 Å². The average Bonchev–Trinajstić information content (AvgIpc) is 3.13. The maximum atomic E-state index is 12.6. The van der Waals surface area contributed by atoms with E-state index in [9.17, 15) is 13.6 Å². The van der Waals surface area contributed by atoms with Crippen molar-refractivity contribution in [2.75, 3.05) is 11.1 Å². The summed E-state index contributed by atoms with van der Waals surface area (Å²) < 4.78 is 30.7. The smallest absolute Gasteiger partial charge is 0.387 e. The molecule has 1 aromatic heterocycles. The first-order valence-corrected chi connectivity index (χ1v) is 10.9. The number of nitrogens with one attached hydrogen (secondary N) is 1. The molecule has 1 N–H and O–H groups in total. The molecule has 31 heavy (non-hydrogen) atoms. The van der Waals surface area contributed by atoms with Crippen molar-refractivity contribution < 1.29 is 18.3 Å². The molecule has 1 amide bonds. The van der Waals surface area contributed by atoms with Crippen molar-refractivity contribution in [2.45, 2.75) is 38.5 Å². The first kappa shape index (κ1) is 22.7. The maximum absolute atomic E-state index is 12.6. The van der Waals surface area contributed by atoms with E-state index >= 15 is 0 Å². The van der Waals surface area contributed by atoms with Crippen molar-refractivity contribution in [1.82, 2.24) is 14.8 Å². The molecule has 0 aliphatic carbocycles. The number of aromatic nitrogens is 3. The molecule has 3 aromatic rings. The number of rotatable bonds is 9. The maximum Gasteiger partial charge on any atom is 0.387 e. The number of ether oxygens (including phenoxy) is 1. The van der Waals surface area contributed by atoms with Gasteiger partial charge in [-0.15, -0.1) is 10.2 Å². The number of nitrogens with zero attached hydrogens (tertiary/aromatic N) is 3. The molecule has 0 radical (unpaired) electrons. The van der Waals surface area contributed by atoms with Gasteiger partial charge in [-0.1, -0.05) is 43.8 Å². The molecule has 0 atom stereocenters. The van der Waals surface area contributed by atoms with Gasteiger partial charge in [-0.3, -0.25) is 4.79 Å². The number of carbonyl (C=O) groups excluding carboxylic acids is 1. The van der Waals surface area contributed by atoms with Gasteiger partial charge in [-0.05, 0) is 48.2 Å². The zero-order valence-corrected chi connectivity index (χ0v) is 18.4. The van der Waals surface area contributed by atoms with Gasteiger partial charge in [0.1, 0.15) is 5.75 Å². The Kier molecular flexibility index (Phi) is 7.62. The highest BCUT2D eigenvalue weighted by Gasteiger charge is 2.15. The summed E-state index contributed by atoms with van der Waals surface area (Å²) in [5.41, 5.74) is 3.82. The Morgan fingerprint density at radius 1 is 1.10 bits per heavy atom. The van der Waals surface area contributed by atoms with Crippen LogP contribution in [-0.2, 0) is 24.7 Å². The van der Waals surface area contributed by atoms with Crippen molar-refractivity contribution in [3.8, 4) is 17.1 Å². The Bertz CT molecular complexity index is 1020. The topological polar surface area (TPSA) is 69.0 Å². The summed E-state index contributed by atoms with van der Waals surface area (Å²) in [6, 6.07) is 12.2. The number of aryl methyl sites for hydroxylation is 2. The summed E-state index contributed by atoms with van der Waals surface area (Å²) in [5.74, 6) is 0.717. The summed E-state index contributed by atoms with van der Waals surface area (Å²) in [6.07, 6.45) is 1.68. The molecule has 0 unspecified atom stereocenters. The van der Waals surface area contributed by atoms with Crippen molar-refractivity contribution in [3.63, 3.8) is 0 Å². The summed E-state index contributed by atoms with van der Waals surface area (Å²) in [7, 11) is 1.79. The van der Waals surface area contributed by atoms with Crippen LogP contribution in [0.15, 0.2) is 47.6 Å². The van der Waals surface area contributed by atoms with Crippen LogP contribution in [-0.4, -0.2) is 33.0 Å². The first-order valence-electron chi connectivity index (χ1n) is 9.91. The van der Waals surface area contributed by atoms with E-state index in [2.05, 4.69) is 34.1 Å². The number of para-hydroxylation sites is 1. The van der Waals surface area contributed by atoms with E-state index in [0.29, 0.717) is 16.5 Å². The Morgan fingerprint density at radius 2 is 1.74 bits per heavy atom. The zero-order valence-electron chi connectivity index (χ0n) is 17.6. The molecule has 0 aliphatic heterocycles. The fourth-order valence-electron chi connectivity index (χ4n) is 3.19. The molecule has 164 valence electrons. The number of thioether (sulfide) groups is 1. The summed E-state index contributed by atoms with van der Waals surface area (Å²) in [4.78, 5) is 12.6. The SMILES string of the molecule is CCc1cccc(CC)c1NC(=O)CSc1nnc(-c2ccc(OC(F)F)cc2)n1C. The number of benzene rings is 2. The van der Waals surface area contributed by atoms with Crippen molar-refractivity contribution in [3.05, 3.63) is 53.6 Å². The predicted octanol–water partition coefficient (Wildman–Crippen LogP) is 4.94. The molecule has 0 saturated carbocycles. The van der Waals surface area contributed by atoms with E-state index in [4.69, 9.17) is 0 Å². The molecule has 1 heterocycles. The number of carbonyl (C=O) groups is 1. The van der Waals surface area contributed by atoms with Gasteiger partial charge in [0.15, 0.2) is 11.0 Å². The molecule has 3 rings (SSSR count). The minimum atomic E-state index is -2.87. The van der Waals surface area contributed by atoms with Gasteiger partial charge in [0.05, 0.1) is 5.75 Å². The lowest BCUT2D eigenvalue weighted by Crippen LogP contribution is -2.17. The van der Waals surface area contributed by atoms with Crippen molar-refractivity contribution >= 4 is 23.4 Å². The Hall–Kier alpha value is -2.94. The van der Waals surface area contributed by atoms with Gasteiger partial charge in [0.25, 0.3) is 0 Å². The van der Waals surface area contributed by atoms with Crippen LogP contribution in [0.5, 0.6) is 5.75 Å². The Morgan fingerprint density at radius 3 is 2.32 bits per heavy atom. The van der Waals surface area contributed by atoms with E-state index in [-0.39, 0.29) is 17.4 Å². The van der Waals surface area contributed by atoms with Gasteiger partial charge in [0, 0.05) is 18.3 Å². The van der Waals surface area contributed by atoms with E-state index in [1.165, 1.54) is 23.9 Å². The molecule has 0 spiro atoms. The highest BCUT2D eigenvalue weighted by molar-refractivity contribution is 7.99. The third-order valence-corrected chi connectivity index (χ3v) is 5.79. The second-order valence-electron chi connectivity index (χ2n) is 6.76. The molecule has 9 heteroatoms. The minimum Gasteiger partial charge on any atom is -0.435 e. The monoisotopic (exact) mass is 446 g/mol. The van der Waals surface area contributed by atoms with Crippen LogP contribution in [0, 0.1) is 0 Å². The summed E-state index contributed by atoms with van der Waals surface area (Å²) in [5, 5.41) is 11.9. The third kappa shape index (κ3) is 5.61. The Balaban J connectivity index is 1.66. The standard InChI is InChI=1S/C22H24F2N4O2S/c1-4-14-7-6-8-15(5-2)19(14)25-18(29)13-31-22-27-26-20(28(22)3)16-9-11-17(12-10-16)30-21(23)24/h6-12,21H,4-5,13H2,1-3H3,(H,25,29). The summed E-state index contributed by atoms with van der Waals surface area (Å²) in [6.45, 7) is 1.26. The molecule has 2 aromatic carbocycles. The van der Waals surface area contributed by atoms with Crippen LogP contribution >= 0.6 is 11.8 Å². The van der Waals surface area contributed by atoms with Crippen LogP contribution in [0.2, 0.25) is 0 Å². The van der Waals surface area contributed by atoms with Gasteiger partial charge in [-0.25, -0.2) is 0 Å². The van der Waals surface area contributed by atoms with Crippen LogP contribution in [0.3, 0.4) is 0 Å². The number of hydrogen-bond acceptors (Lipinski definition) is 5. The van der Waals surface area contributed by atoms with E-state index in [1.54, 1.807) is 23.7 Å². The highest BCUT2D eigenvalue weighted by Crippen LogP contribution is 2.26. The van der Waals surface area contributed by atoms with Gasteiger partial charge < -0.3 is 14.6 Å². The molecule has 6 nitrogen and oxygen atoms in total. The minimum absolute atomic E-state index is 0.0750. The third-order valence-electron chi connectivity index (χ3n) is 4.77. The number of hydrogen-bond donors (Lipinski definition) is 1. The predicted molar refractivity (Wildman–Crippen MR) is 118 cm³/mol. The number of halogens is 2. The largest absolute Gasteiger partial charge is 0.435 e. The Labute approximate surface area is 184 Å². The van der Waals surface area contributed by atoms with E-state index in [1.807, 2.05) is 18.2 Å². The lowest BCUT2D eigenvalue weighted by Gasteiger charge is -2.14. The lowest BCUT2D eigenvalue weighted by atomic mass is 10.0. The summed E-state index contributed by atoms with van der Waals surface area (Å²) >= 11 is 1.28. The van der Waals surface area contributed by atoms with Crippen LogP contribution < -0.4 is 10.1 Å². The van der Waals surface area contributed by atoms with Gasteiger partial charge in [-0.2, -0.15) is 8.78 Å². The average molecular weight is 447 g/mol. The molecule has 0 fully saturated rings. The fraction of sp³-hybridized carbons (Fsp3) is 0.318. The molecular weight excluding hydrogens is 422 g/mol. The number of amides is 1. The molecule has 0 aliphatic rings. The quantitative estimate of drug-likeness (QED) is 0.472. The second kappa shape index (κ2) is 10.4. The molecular formula is C22H24F2N4O2S. The van der Waals surface area contributed by atoms with E-state index in [0.717, 1.165) is 29.7 Å². The molecule has 0 bridgehead atoms. The first-order chi connectivity index (χ1) is 14.9. The van der Waals surface area contributed by atoms with Gasteiger partial charge in [0.2, 0.25) is 5.91 Å².